The molecule has 1 amide bonds. The number of halogens is 1. The Morgan fingerprint density at radius 1 is 1.29 bits per heavy atom. The largest absolute Gasteiger partial charge is 0.338 e. The van der Waals surface area contributed by atoms with Gasteiger partial charge < -0.3 is 10.2 Å². The van der Waals surface area contributed by atoms with E-state index in [9.17, 15) is 4.79 Å². The lowest BCUT2D eigenvalue weighted by molar-refractivity contribution is 0.0725. The maximum Gasteiger partial charge on any atom is 0.263 e. The van der Waals surface area contributed by atoms with Crippen LogP contribution in [0.25, 0.3) is 10.1 Å². The van der Waals surface area contributed by atoms with Crippen molar-refractivity contribution in [3.8, 4) is 0 Å². The van der Waals surface area contributed by atoms with Crippen LogP contribution < -0.4 is 5.32 Å². The van der Waals surface area contributed by atoms with Gasteiger partial charge in [-0.1, -0.05) is 18.2 Å². The van der Waals surface area contributed by atoms with E-state index in [1.807, 2.05) is 30.1 Å². The summed E-state index contributed by atoms with van der Waals surface area (Å²) in [4.78, 5) is 15.4. The van der Waals surface area contributed by atoms with Crippen LogP contribution in [0.5, 0.6) is 0 Å². The van der Waals surface area contributed by atoms with E-state index in [-0.39, 0.29) is 18.3 Å². The molecule has 1 aliphatic heterocycles. The molecule has 1 aromatic carbocycles. The van der Waals surface area contributed by atoms with Gasteiger partial charge in [-0.25, -0.2) is 0 Å². The zero-order chi connectivity index (χ0) is 13.9. The van der Waals surface area contributed by atoms with Gasteiger partial charge in [-0.05, 0) is 49.9 Å². The van der Waals surface area contributed by atoms with Crippen LogP contribution in [0.2, 0.25) is 0 Å². The number of rotatable bonds is 2. The lowest BCUT2D eigenvalue weighted by Crippen LogP contribution is -2.37. The minimum atomic E-state index is 0. The first kappa shape index (κ1) is 16.3. The molecule has 2 aromatic rings. The number of benzene rings is 1. The zero-order valence-electron chi connectivity index (χ0n) is 12.2. The molecule has 3 nitrogen and oxygen atoms in total. The van der Waals surface area contributed by atoms with Gasteiger partial charge in [0.15, 0.2) is 0 Å². The zero-order valence-corrected chi connectivity index (χ0v) is 13.8. The number of hydrogen-bond donors (Lipinski definition) is 1. The van der Waals surface area contributed by atoms with E-state index in [0.717, 1.165) is 42.6 Å². The molecule has 5 heteroatoms. The fourth-order valence-corrected chi connectivity index (χ4v) is 3.86. The van der Waals surface area contributed by atoms with Gasteiger partial charge in [-0.2, -0.15) is 0 Å². The van der Waals surface area contributed by atoms with Gasteiger partial charge in [0.25, 0.3) is 5.91 Å². The number of carbonyl (C=O) groups excluding carboxylic acids is 1. The van der Waals surface area contributed by atoms with Crippen LogP contribution in [-0.2, 0) is 0 Å². The molecule has 0 radical (unpaired) electrons. The van der Waals surface area contributed by atoms with Crippen molar-refractivity contribution >= 4 is 39.7 Å². The fraction of sp³-hybridized carbons (Fsp3) is 0.438. The number of thiophene rings is 1. The Morgan fingerprint density at radius 2 is 2.10 bits per heavy atom. The SMILES string of the molecule is CN(C(=O)c1cc2ccccc2s1)C1CCCNCC1.Cl. The summed E-state index contributed by atoms with van der Waals surface area (Å²) in [5, 5.41) is 4.56. The second-order valence-corrected chi connectivity index (χ2v) is 6.48. The van der Waals surface area contributed by atoms with E-state index in [2.05, 4.69) is 17.4 Å². The molecule has 0 saturated carbocycles. The van der Waals surface area contributed by atoms with Crippen LogP contribution in [0.1, 0.15) is 28.9 Å². The second-order valence-electron chi connectivity index (χ2n) is 5.40. The Hall–Kier alpha value is -1.10. The first-order valence-electron chi connectivity index (χ1n) is 7.22. The maximum absolute atomic E-state index is 12.6. The lowest BCUT2D eigenvalue weighted by Gasteiger charge is -2.26. The second kappa shape index (κ2) is 7.25. The van der Waals surface area contributed by atoms with Crippen LogP contribution in [0.3, 0.4) is 0 Å². The predicted molar refractivity (Wildman–Crippen MR) is 91.7 cm³/mol. The smallest absolute Gasteiger partial charge is 0.263 e. The molecule has 3 rings (SSSR count). The Kier molecular flexibility index (Phi) is 5.62. The topological polar surface area (TPSA) is 32.3 Å². The van der Waals surface area contributed by atoms with E-state index >= 15 is 0 Å². The van der Waals surface area contributed by atoms with Crippen molar-refractivity contribution in [1.82, 2.24) is 10.2 Å². The van der Waals surface area contributed by atoms with Crippen molar-refractivity contribution in [2.24, 2.45) is 0 Å². The average molecular weight is 325 g/mol. The molecular weight excluding hydrogens is 304 g/mol. The minimum Gasteiger partial charge on any atom is -0.338 e. The van der Waals surface area contributed by atoms with E-state index in [1.54, 1.807) is 11.3 Å². The van der Waals surface area contributed by atoms with Crippen molar-refractivity contribution in [2.75, 3.05) is 20.1 Å². The highest BCUT2D eigenvalue weighted by molar-refractivity contribution is 7.20. The normalized spacial score (nSPS) is 18.8. The molecule has 0 spiro atoms. The lowest BCUT2D eigenvalue weighted by atomic mass is 10.1. The van der Waals surface area contributed by atoms with Gasteiger partial charge >= 0.3 is 0 Å². The molecule has 1 unspecified atom stereocenters. The first-order chi connectivity index (χ1) is 9.75. The van der Waals surface area contributed by atoms with Gasteiger partial charge in [-0.3, -0.25) is 4.79 Å². The van der Waals surface area contributed by atoms with Gasteiger partial charge in [0.2, 0.25) is 0 Å². The summed E-state index contributed by atoms with van der Waals surface area (Å²) in [6, 6.07) is 10.6. The Bertz CT molecular complexity index is 572. The third kappa shape index (κ3) is 3.57. The molecule has 1 N–H and O–H groups in total. The molecule has 1 atom stereocenters. The van der Waals surface area contributed by atoms with E-state index in [4.69, 9.17) is 0 Å². The number of fused-ring (bicyclic) bond motifs is 1. The summed E-state index contributed by atoms with van der Waals surface area (Å²) in [5.41, 5.74) is 0. The molecule has 1 saturated heterocycles. The summed E-state index contributed by atoms with van der Waals surface area (Å²) < 4.78 is 1.19. The third-order valence-electron chi connectivity index (χ3n) is 4.05. The van der Waals surface area contributed by atoms with Crippen molar-refractivity contribution in [3.05, 3.63) is 35.2 Å². The van der Waals surface area contributed by atoms with Crippen LogP contribution >= 0.6 is 23.7 Å². The maximum atomic E-state index is 12.6. The Balaban J connectivity index is 0.00000161. The van der Waals surface area contributed by atoms with Gasteiger partial charge in [0, 0.05) is 17.8 Å². The van der Waals surface area contributed by atoms with Gasteiger partial charge in [0.05, 0.1) is 4.88 Å². The number of nitrogens with zero attached hydrogens (tertiary/aromatic N) is 1. The first-order valence-corrected chi connectivity index (χ1v) is 8.04. The Morgan fingerprint density at radius 3 is 2.90 bits per heavy atom. The molecule has 1 aromatic heterocycles. The molecule has 1 fully saturated rings. The molecule has 2 heterocycles. The van der Waals surface area contributed by atoms with Crippen molar-refractivity contribution < 1.29 is 4.79 Å². The van der Waals surface area contributed by atoms with Crippen molar-refractivity contribution in [2.45, 2.75) is 25.3 Å². The summed E-state index contributed by atoms with van der Waals surface area (Å²) in [5.74, 6) is 0.165. The van der Waals surface area contributed by atoms with Gasteiger partial charge in [0.1, 0.15) is 0 Å². The molecule has 1 aliphatic rings. The summed E-state index contributed by atoms with van der Waals surface area (Å²) in [6.45, 7) is 2.08. The Labute approximate surface area is 135 Å². The highest BCUT2D eigenvalue weighted by Gasteiger charge is 2.23. The fourth-order valence-electron chi connectivity index (χ4n) is 2.81. The molecule has 0 aliphatic carbocycles. The number of amides is 1. The number of nitrogens with one attached hydrogen (secondary N) is 1. The summed E-state index contributed by atoms with van der Waals surface area (Å²) in [6.07, 6.45) is 3.29. The van der Waals surface area contributed by atoms with E-state index in [1.165, 1.54) is 4.70 Å². The highest BCUT2D eigenvalue weighted by Crippen LogP contribution is 2.27. The van der Waals surface area contributed by atoms with Gasteiger partial charge in [-0.15, -0.1) is 23.7 Å². The quantitative estimate of drug-likeness (QED) is 0.916. The number of carbonyl (C=O) groups is 1. The van der Waals surface area contributed by atoms with E-state index < -0.39 is 0 Å². The number of hydrogen-bond acceptors (Lipinski definition) is 3. The van der Waals surface area contributed by atoms with Crippen LogP contribution in [-0.4, -0.2) is 37.0 Å². The molecule has 0 bridgehead atoms. The minimum absolute atomic E-state index is 0. The summed E-state index contributed by atoms with van der Waals surface area (Å²) in [7, 11) is 1.95. The van der Waals surface area contributed by atoms with Crippen LogP contribution in [0, 0.1) is 0 Å². The third-order valence-corrected chi connectivity index (χ3v) is 5.15. The van der Waals surface area contributed by atoms with Crippen molar-refractivity contribution in [3.63, 3.8) is 0 Å². The molecule has 114 valence electrons. The standard InChI is InChI=1S/C16H20N2OS.ClH/c1-18(13-6-4-9-17-10-8-13)16(19)15-11-12-5-2-3-7-14(12)20-15;/h2-3,5,7,11,13,17H,4,6,8-10H2,1H3;1H. The predicted octanol–water partition coefficient (Wildman–Crippen LogP) is 3.54. The van der Waals surface area contributed by atoms with Crippen LogP contribution in [0.15, 0.2) is 30.3 Å². The average Bonchev–Trinajstić information content (AvgIpc) is 2.72. The van der Waals surface area contributed by atoms with E-state index in [0.29, 0.717) is 6.04 Å². The highest BCUT2D eigenvalue weighted by atomic mass is 35.5. The van der Waals surface area contributed by atoms with Crippen LogP contribution in [0.4, 0.5) is 0 Å². The molecule has 21 heavy (non-hydrogen) atoms. The van der Waals surface area contributed by atoms with Crippen molar-refractivity contribution in [1.29, 1.82) is 0 Å². The summed E-state index contributed by atoms with van der Waals surface area (Å²) >= 11 is 1.60. The monoisotopic (exact) mass is 324 g/mol. The molecular formula is C16H21ClN2OS.